The minimum atomic E-state index is -1.34. The molecule has 0 spiro atoms. The van der Waals surface area contributed by atoms with Crippen LogP contribution in [0.5, 0.6) is 0 Å². The Kier molecular flexibility index (Phi) is 2.26. The van der Waals surface area contributed by atoms with Gasteiger partial charge in [0.05, 0.1) is 0 Å². The van der Waals surface area contributed by atoms with Gasteiger partial charge >= 0.3 is 5.97 Å². The molecule has 1 N–H and O–H groups in total. The van der Waals surface area contributed by atoms with E-state index in [-0.39, 0.29) is 0 Å². The van der Waals surface area contributed by atoms with Crippen molar-refractivity contribution < 1.29 is 14.9 Å². The summed E-state index contributed by atoms with van der Waals surface area (Å²) in [7, 11) is 0. The van der Waals surface area contributed by atoms with Crippen molar-refractivity contribution in [1.82, 2.24) is 0 Å². The highest BCUT2D eigenvalue weighted by molar-refractivity contribution is 6.30. The first-order chi connectivity index (χ1) is 6.18. The van der Waals surface area contributed by atoms with Crippen LogP contribution >= 0.6 is 11.6 Å². The summed E-state index contributed by atoms with van der Waals surface area (Å²) in [5.41, 5.74) is 1.06. The van der Waals surface area contributed by atoms with Crippen molar-refractivity contribution in [2.24, 2.45) is 0 Å². The third-order valence-corrected chi connectivity index (χ3v) is 2.13. The summed E-state index contributed by atoms with van der Waals surface area (Å²) in [6.07, 6.45) is 1.10. The summed E-state index contributed by atoms with van der Waals surface area (Å²) < 4.78 is 0. The highest BCUT2D eigenvalue weighted by Crippen LogP contribution is 2.31. The van der Waals surface area contributed by atoms with Gasteiger partial charge in [0.2, 0.25) is 0 Å². The molecule has 1 heterocycles. The predicted molar refractivity (Wildman–Crippen MR) is 46.9 cm³/mol. The highest BCUT2D eigenvalue weighted by atomic mass is 35.5. The van der Waals surface area contributed by atoms with E-state index in [1.54, 1.807) is 0 Å². The second kappa shape index (κ2) is 3.27. The Morgan fingerprint density at radius 3 is 2.77 bits per heavy atom. The van der Waals surface area contributed by atoms with Crippen molar-refractivity contribution in [2.75, 3.05) is 0 Å². The van der Waals surface area contributed by atoms with E-state index in [4.69, 9.17) is 11.6 Å². The van der Waals surface area contributed by atoms with E-state index < -0.39 is 5.97 Å². The van der Waals surface area contributed by atoms with E-state index >= 15 is 0 Å². The summed E-state index contributed by atoms with van der Waals surface area (Å²) in [6.45, 7) is 0. The molecular formula is C9H9ClO3. The second-order valence-electron chi connectivity index (χ2n) is 3.01. The van der Waals surface area contributed by atoms with E-state index in [9.17, 15) is 5.11 Å². The van der Waals surface area contributed by atoms with Crippen molar-refractivity contribution in [2.45, 2.75) is 18.8 Å². The van der Waals surface area contributed by atoms with Gasteiger partial charge in [0, 0.05) is 11.4 Å². The molecule has 1 fully saturated rings. The standard InChI is InChI=1S/C9H9ClO3/c10-8-3-1-2-7(6-8)4-5-9(11)12-13-9/h1-3,6,11H,4-5H2. The number of rotatable bonds is 3. The van der Waals surface area contributed by atoms with Crippen LogP contribution in [0.2, 0.25) is 5.02 Å². The zero-order chi connectivity index (χ0) is 9.31. The first-order valence-corrected chi connectivity index (χ1v) is 4.39. The second-order valence-corrected chi connectivity index (χ2v) is 3.45. The molecule has 0 atom stereocenters. The van der Waals surface area contributed by atoms with E-state index in [0.717, 1.165) is 5.56 Å². The Hall–Kier alpha value is -0.610. The van der Waals surface area contributed by atoms with Gasteiger partial charge in [0.15, 0.2) is 0 Å². The summed E-state index contributed by atoms with van der Waals surface area (Å²) in [5, 5.41) is 9.88. The quantitative estimate of drug-likeness (QED) is 0.599. The van der Waals surface area contributed by atoms with Crippen molar-refractivity contribution >= 4 is 11.6 Å². The molecule has 1 saturated heterocycles. The van der Waals surface area contributed by atoms with Crippen LogP contribution in [0.3, 0.4) is 0 Å². The third-order valence-electron chi connectivity index (χ3n) is 1.89. The molecule has 0 amide bonds. The fourth-order valence-electron chi connectivity index (χ4n) is 1.13. The average Bonchev–Trinajstić information content (AvgIpc) is 2.82. The fourth-order valence-corrected chi connectivity index (χ4v) is 1.34. The van der Waals surface area contributed by atoms with Gasteiger partial charge in [-0.2, -0.15) is 9.78 Å². The monoisotopic (exact) mass is 200 g/mol. The minimum absolute atomic E-state index is 0.424. The minimum Gasteiger partial charge on any atom is -0.340 e. The molecule has 2 rings (SSSR count). The van der Waals surface area contributed by atoms with Crippen LogP contribution in [-0.2, 0) is 16.2 Å². The van der Waals surface area contributed by atoms with Crippen LogP contribution in [0.25, 0.3) is 0 Å². The topological polar surface area (TPSA) is 45.3 Å². The number of benzene rings is 1. The number of aliphatic hydroxyl groups is 1. The molecule has 0 bridgehead atoms. The maximum atomic E-state index is 9.18. The Morgan fingerprint density at radius 2 is 2.15 bits per heavy atom. The molecule has 0 aromatic heterocycles. The van der Waals surface area contributed by atoms with Gasteiger partial charge in [-0.3, -0.25) is 0 Å². The lowest BCUT2D eigenvalue weighted by Crippen LogP contribution is -2.09. The van der Waals surface area contributed by atoms with Gasteiger partial charge in [-0.15, -0.1) is 0 Å². The molecule has 0 saturated carbocycles. The van der Waals surface area contributed by atoms with Gasteiger partial charge < -0.3 is 5.11 Å². The molecule has 0 aliphatic carbocycles. The molecular weight excluding hydrogens is 192 g/mol. The number of halogens is 1. The van der Waals surface area contributed by atoms with E-state index in [0.29, 0.717) is 17.9 Å². The van der Waals surface area contributed by atoms with Gasteiger partial charge in [-0.05, 0) is 24.1 Å². The molecule has 70 valence electrons. The fraction of sp³-hybridized carbons (Fsp3) is 0.333. The summed E-state index contributed by atoms with van der Waals surface area (Å²) >= 11 is 5.79. The van der Waals surface area contributed by atoms with Gasteiger partial charge in [0.25, 0.3) is 0 Å². The molecule has 1 aromatic rings. The Bertz CT molecular complexity index is 309. The first-order valence-electron chi connectivity index (χ1n) is 4.02. The molecule has 0 unspecified atom stereocenters. The average molecular weight is 201 g/mol. The van der Waals surface area contributed by atoms with Gasteiger partial charge in [0.1, 0.15) is 0 Å². The molecule has 1 aliphatic heterocycles. The molecule has 1 aromatic carbocycles. The maximum Gasteiger partial charge on any atom is 0.338 e. The third kappa shape index (κ3) is 2.42. The normalized spacial score (nSPS) is 18.6. The van der Waals surface area contributed by atoms with Gasteiger partial charge in [-0.1, -0.05) is 23.7 Å². The molecule has 4 heteroatoms. The van der Waals surface area contributed by atoms with Crippen molar-refractivity contribution in [3.63, 3.8) is 0 Å². The van der Waals surface area contributed by atoms with E-state index in [1.165, 1.54) is 0 Å². The highest BCUT2D eigenvalue weighted by Gasteiger charge is 2.46. The van der Waals surface area contributed by atoms with Crippen LogP contribution in [0.15, 0.2) is 24.3 Å². The summed E-state index contributed by atoms with van der Waals surface area (Å²) in [6, 6.07) is 7.48. The maximum absolute atomic E-state index is 9.18. The van der Waals surface area contributed by atoms with Crippen molar-refractivity contribution in [3.05, 3.63) is 34.9 Å². The number of hydrogen-bond acceptors (Lipinski definition) is 3. The van der Waals surface area contributed by atoms with Crippen LogP contribution in [0.4, 0.5) is 0 Å². The lowest BCUT2D eigenvalue weighted by Gasteiger charge is -2.01. The molecule has 0 radical (unpaired) electrons. The Morgan fingerprint density at radius 1 is 1.38 bits per heavy atom. The lowest BCUT2D eigenvalue weighted by molar-refractivity contribution is 0.0220. The number of hydrogen-bond donors (Lipinski definition) is 1. The summed E-state index contributed by atoms with van der Waals surface area (Å²) in [5.74, 6) is -1.34. The van der Waals surface area contributed by atoms with Crippen LogP contribution in [0, 0.1) is 0 Å². The first kappa shape index (κ1) is 8.97. The smallest absolute Gasteiger partial charge is 0.338 e. The van der Waals surface area contributed by atoms with E-state index in [1.807, 2.05) is 24.3 Å². The molecule has 13 heavy (non-hydrogen) atoms. The van der Waals surface area contributed by atoms with Crippen LogP contribution in [0.1, 0.15) is 12.0 Å². The number of aryl methyl sites for hydroxylation is 1. The summed E-state index contributed by atoms with van der Waals surface area (Å²) in [4.78, 5) is 8.74. The predicted octanol–water partition coefficient (Wildman–Crippen LogP) is 1.88. The molecule has 3 nitrogen and oxygen atoms in total. The SMILES string of the molecule is OC1(CCc2cccc(Cl)c2)OO1. The van der Waals surface area contributed by atoms with E-state index in [2.05, 4.69) is 9.78 Å². The zero-order valence-corrected chi connectivity index (χ0v) is 7.62. The van der Waals surface area contributed by atoms with Crippen LogP contribution < -0.4 is 0 Å². The van der Waals surface area contributed by atoms with Crippen molar-refractivity contribution in [3.8, 4) is 0 Å². The lowest BCUT2D eigenvalue weighted by atomic mass is 10.1. The van der Waals surface area contributed by atoms with Crippen LogP contribution in [-0.4, -0.2) is 11.1 Å². The zero-order valence-electron chi connectivity index (χ0n) is 6.87. The largest absolute Gasteiger partial charge is 0.340 e. The van der Waals surface area contributed by atoms with Crippen molar-refractivity contribution in [1.29, 1.82) is 0 Å². The van der Waals surface area contributed by atoms with Gasteiger partial charge in [-0.25, -0.2) is 0 Å². The Balaban J connectivity index is 1.94. The molecule has 1 aliphatic rings. The Labute approximate surface area is 80.8 Å².